The maximum absolute atomic E-state index is 12.2. The lowest BCUT2D eigenvalue weighted by atomic mass is 10.2. The quantitative estimate of drug-likeness (QED) is 0.782. The first kappa shape index (κ1) is 17.9. The molecule has 0 spiro atoms. The lowest BCUT2D eigenvalue weighted by Crippen LogP contribution is -2.36. The number of carbonyl (C=O) groups excluding carboxylic acids is 2. The standard InChI is InChI=1S/C16H24N2O4/c1-6-9-18(15(20)22-16(2,3)4)11-12-7-8-13(17-10-12)14(19)21-5/h7-8,10H,6,9,11H2,1-5H3. The number of hydrogen-bond acceptors (Lipinski definition) is 5. The maximum atomic E-state index is 12.2. The topological polar surface area (TPSA) is 68.7 Å². The van der Waals surface area contributed by atoms with Crippen LogP contribution in [0.5, 0.6) is 0 Å². The maximum Gasteiger partial charge on any atom is 0.410 e. The molecule has 0 unspecified atom stereocenters. The van der Waals surface area contributed by atoms with E-state index in [1.807, 2.05) is 27.7 Å². The number of esters is 1. The fourth-order valence-electron chi connectivity index (χ4n) is 1.80. The van der Waals surface area contributed by atoms with Gasteiger partial charge in [-0.1, -0.05) is 13.0 Å². The van der Waals surface area contributed by atoms with Gasteiger partial charge in [0.15, 0.2) is 0 Å². The van der Waals surface area contributed by atoms with Gasteiger partial charge in [-0.05, 0) is 38.8 Å². The molecular formula is C16H24N2O4. The molecule has 0 aliphatic heterocycles. The molecule has 0 saturated heterocycles. The lowest BCUT2D eigenvalue weighted by molar-refractivity contribution is 0.0233. The Hall–Kier alpha value is -2.11. The van der Waals surface area contributed by atoms with E-state index in [0.717, 1.165) is 12.0 Å². The summed E-state index contributed by atoms with van der Waals surface area (Å²) in [7, 11) is 1.31. The molecule has 0 aromatic carbocycles. The van der Waals surface area contributed by atoms with Gasteiger partial charge in [0.1, 0.15) is 11.3 Å². The summed E-state index contributed by atoms with van der Waals surface area (Å²) in [4.78, 5) is 29.2. The molecule has 0 bridgehead atoms. The molecule has 0 fully saturated rings. The van der Waals surface area contributed by atoms with E-state index >= 15 is 0 Å². The zero-order chi connectivity index (χ0) is 16.8. The van der Waals surface area contributed by atoms with E-state index < -0.39 is 11.6 Å². The Kier molecular flexibility index (Phi) is 6.34. The highest BCUT2D eigenvalue weighted by molar-refractivity contribution is 5.86. The highest BCUT2D eigenvalue weighted by atomic mass is 16.6. The van der Waals surface area contributed by atoms with Gasteiger partial charge in [0, 0.05) is 12.7 Å². The smallest absolute Gasteiger partial charge is 0.410 e. The predicted molar refractivity (Wildman–Crippen MR) is 82.5 cm³/mol. The van der Waals surface area contributed by atoms with Gasteiger partial charge in [-0.3, -0.25) is 0 Å². The molecule has 0 atom stereocenters. The van der Waals surface area contributed by atoms with Crippen LogP contribution in [0.15, 0.2) is 18.3 Å². The molecule has 22 heavy (non-hydrogen) atoms. The first-order valence-corrected chi connectivity index (χ1v) is 7.28. The van der Waals surface area contributed by atoms with E-state index in [9.17, 15) is 9.59 Å². The van der Waals surface area contributed by atoms with Gasteiger partial charge in [0.05, 0.1) is 13.7 Å². The van der Waals surface area contributed by atoms with Crippen LogP contribution < -0.4 is 0 Å². The first-order chi connectivity index (χ1) is 10.3. The van der Waals surface area contributed by atoms with Crippen LogP contribution in [0.25, 0.3) is 0 Å². The van der Waals surface area contributed by atoms with Crippen molar-refractivity contribution in [1.29, 1.82) is 0 Å². The predicted octanol–water partition coefficient (Wildman–Crippen LogP) is 3.02. The molecule has 1 aromatic heterocycles. The van der Waals surface area contributed by atoms with E-state index in [1.165, 1.54) is 7.11 Å². The third-order valence-corrected chi connectivity index (χ3v) is 2.74. The molecule has 0 radical (unpaired) electrons. The number of ether oxygens (including phenoxy) is 2. The minimum Gasteiger partial charge on any atom is -0.464 e. The van der Waals surface area contributed by atoms with Crippen molar-refractivity contribution in [1.82, 2.24) is 9.88 Å². The average molecular weight is 308 g/mol. The third-order valence-electron chi connectivity index (χ3n) is 2.74. The van der Waals surface area contributed by atoms with E-state index in [0.29, 0.717) is 13.1 Å². The van der Waals surface area contributed by atoms with Crippen LogP contribution in [-0.2, 0) is 16.0 Å². The summed E-state index contributed by atoms with van der Waals surface area (Å²) in [6, 6.07) is 3.34. The second kappa shape index (κ2) is 7.77. The number of aromatic nitrogens is 1. The largest absolute Gasteiger partial charge is 0.464 e. The molecule has 1 rings (SSSR count). The minimum absolute atomic E-state index is 0.241. The van der Waals surface area contributed by atoms with Crippen molar-refractivity contribution < 1.29 is 19.1 Å². The second-order valence-corrected chi connectivity index (χ2v) is 5.95. The summed E-state index contributed by atoms with van der Waals surface area (Å²) in [5.74, 6) is -0.482. The molecule has 0 saturated carbocycles. The Balaban J connectivity index is 2.78. The van der Waals surface area contributed by atoms with E-state index in [-0.39, 0.29) is 11.8 Å². The summed E-state index contributed by atoms with van der Waals surface area (Å²) in [6.07, 6.45) is 2.04. The Bertz CT molecular complexity index is 506. The van der Waals surface area contributed by atoms with Gasteiger partial charge >= 0.3 is 12.1 Å². The number of nitrogens with zero attached hydrogens (tertiary/aromatic N) is 2. The molecular weight excluding hydrogens is 284 g/mol. The highest BCUT2D eigenvalue weighted by Crippen LogP contribution is 2.13. The molecule has 1 amide bonds. The molecule has 6 heteroatoms. The van der Waals surface area contributed by atoms with Crippen LogP contribution in [0.1, 0.15) is 50.2 Å². The Morgan fingerprint density at radius 2 is 1.95 bits per heavy atom. The van der Waals surface area contributed by atoms with Crippen molar-refractivity contribution in [3.05, 3.63) is 29.6 Å². The number of amides is 1. The zero-order valence-electron chi connectivity index (χ0n) is 13.9. The van der Waals surface area contributed by atoms with Crippen LogP contribution in [0.2, 0.25) is 0 Å². The molecule has 122 valence electrons. The lowest BCUT2D eigenvalue weighted by Gasteiger charge is -2.27. The van der Waals surface area contributed by atoms with Crippen molar-refractivity contribution in [3.8, 4) is 0 Å². The molecule has 0 aliphatic rings. The summed E-state index contributed by atoms with van der Waals surface area (Å²) in [5.41, 5.74) is 0.535. The van der Waals surface area contributed by atoms with Crippen molar-refractivity contribution >= 4 is 12.1 Å². The molecule has 0 N–H and O–H groups in total. The fraction of sp³-hybridized carbons (Fsp3) is 0.562. The van der Waals surface area contributed by atoms with Gasteiger partial charge < -0.3 is 14.4 Å². The Labute approximate surface area is 131 Å². The summed E-state index contributed by atoms with van der Waals surface area (Å²) >= 11 is 0. The number of pyridine rings is 1. The normalized spacial score (nSPS) is 11.0. The van der Waals surface area contributed by atoms with Crippen LogP contribution in [-0.4, -0.2) is 41.2 Å². The molecule has 0 aliphatic carbocycles. The number of methoxy groups -OCH3 is 1. The van der Waals surface area contributed by atoms with E-state index in [2.05, 4.69) is 9.72 Å². The Morgan fingerprint density at radius 1 is 1.27 bits per heavy atom. The van der Waals surface area contributed by atoms with Gasteiger partial charge in [-0.25, -0.2) is 14.6 Å². The van der Waals surface area contributed by atoms with Crippen LogP contribution >= 0.6 is 0 Å². The molecule has 1 heterocycles. The summed E-state index contributed by atoms with van der Waals surface area (Å²) < 4.78 is 10.00. The molecule has 6 nitrogen and oxygen atoms in total. The Morgan fingerprint density at radius 3 is 2.41 bits per heavy atom. The van der Waals surface area contributed by atoms with Crippen molar-refractivity contribution in [3.63, 3.8) is 0 Å². The average Bonchev–Trinajstić information content (AvgIpc) is 2.45. The van der Waals surface area contributed by atoms with Gasteiger partial charge in [0.25, 0.3) is 0 Å². The van der Waals surface area contributed by atoms with E-state index in [1.54, 1.807) is 23.2 Å². The third kappa shape index (κ3) is 5.71. The first-order valence-electron chi connectivity index (χ1n) is 7.28. The SMILES string of the molecule is CCCN(Cc1ccc(C(=O)OC)nc1)C(=O)OC(C)(C)C. The zero-order valence-corrected chi connectivity index (χ0v) is 13.9. The monoisotopic (exact) mass is 308 g/mol. The fourth-order valence-corrected chi connectivity index (χ4v) is 1.80. The number of rotatable bonds is 5. The second-order valence-electron chi connectivity index (χ2n) is 5.95. The number of carbonyl (C=O) groups is 2. The van der Waals surface area contributed by atoms with Crippen molar-refractivity contribution in [2.75, 3.05) is 13.7 Å². The van der Waals surface area contributed by atoms with Gasteiger partial charge in [-0.2, -0.15) is 0 Å². The minimum atomic E-state index is -0.532. The van der Waals surface area contributed by atoms with Gasteiger partial charge in [0.2, 0.25) is 0 Å². The van der Waals surface area contributed by atoms with E-state index in [4.69, 9.17) is 4.74 Å². The van der Waals surface area contributed by atoms with Crippen LogP contribution in [0.3, 0.4) is 0 Å². The van der Waals surface area contributed by atoms with Gasteiger partial charge in [-0.15, -0.1) is 0 Å². The highest BCUT2D eigenvalue weighted by Gasteiger charge is 2.22. The molecule has 1 aromatic rings. The van der Waals surface area contributed by atoms with Crippen molar-refractivity contribution in [2.24, 2.45) is 0 Å². The van der Waals surface area contributed by atoms with Crippen molar-refractivity contribution in [2.45, 2.75) is 46.3 Å². The van der Waals surface area contributed by atoms with Crippen LogP contribution in [0, 0.1) is 0 Å². The number of hydrogen-bond donors (Lipinski definition) is 0. The summed E-state index contributed by atoms with van der Waals surface area (Å²) in [5, 5.41) is 0. The summed E-state index contributed by atoms with van der Waals surface area (Å²) in [6.45, 7) is 8.48. The van der Waals surface area contributed by atoms with Crippen LogP contribution in [0.4, 0.5) is 4.79 Å².